The zero-order valence-electron chi connectivity index (χ0n) is 57.0. The van der Waals surface area contributed by atoms with E-state index in [1.165, 1.54) is 0 Å². The summed E-state index contributed by atoms with van der Waals surface area (Å²) in [6, 6.07) is -32.5. The van der Waals surface area contributed by atoms with Crippen molar-refractivity contribution in [1.82, 2.24) is 0 Å². The molecule has 0 aliphatic heterocycles. The Morgan fingerprint density at radius 2 is 0.580 bits per heavy atom. The van der Waals surface area contributed by atoms with Crippen LogP contribution in [0.1, 0.15) is 43.9 Å². The van der Waals surface area contributed by atoms with E-state index in [1.54, 1.807) is 0 Å². The third-order valence-corrected chi connectivity index (χ3v) is 7.88. The molecule has 0 aromatic heterocycles. The summed E-state index contributed by atoms with van der Waals surface area (Å²) in [7, 11) is 0. The van der Waals surface area contributed by atoms with Crippen molar-refractivity contribution in [3.8, 4) is 44.5 Å². The van der Waals surface area contributed by atoms with E-state index in [4.69, 9.17) is 21.9 Å². The zero-order chi connectivity index (χ0) is 60.9. The maximum atomic E-state index is 10.3. The van der Waals surface area contributed by atoms with Crippen molar-refractivity contribution >= 4 is 53.9 Å². The molecule has 0 saturated heterocycles. The van der Waals surface area contributed by atoms with Crippen LogP contribution < -0.4 is 0 Å². The second-order valence-corrected chi connectivity index (χ2v) is 10.8. The summed E-state index contributed by atoms with van der Waals surface area (Å²) in [6.07, 6.45) is 0. The first kappa shape index (κ1) is 11.0. The normalized spacial score (nSPS) is 20.6. The first-order chi connectivity index (χ1) is 38.1. The first-order valence-electron chi connectivity index (χ1n) is 30.8. The zero-order valence-corrected chi connectivity index (χ0v) is 25.0. The van der Waals surface area contributed by atoms with Crippen LogP contribution in [0.3, 0.4) is 0 Å². The second kappa shape index (κ2) is 11.6. The second-order valence-electron chi connectivity index (χ2n) is 10.8. The standard InChI is InChI=1S/C50H32/c1-4-13-36-28-40(23-20-33(36)10-1)39-16-9-17-43(31-39)50-46-19-8-7-18-45(46)49(44-25-22-35-12-3-6-15-38(35)30-44)47-27-26-42(32-48(47)50)41-24-21-34-11-2-5-14-37(34)29-41/h1-32H/i1D,2D,3D,4D,5D,6D,7D,8D,9D,10D,11D,12D,13D,14D,15D,16D,17D,18D,19D,20D,21D,22D,23D,24D,25D,26D,27D,28D,29D,30D,31D,32D. The fraction of sp³-hybridized carbons (Fsp3) is 0. The van der Waals surface area contributed by atoms with Gasteiger partial charge in [0.15, 0.2) is 0 Å². The van der Waals surface area contributed by atoms with Crippen LogP contribution in [-0.2, 0) is 0 Å². The Kier molecular flexibility index (Phi) is 2.55. The van der Waals surface area contributed by atoms with Crippen molar-refractivity contribution in [2.24, 2.45) is 0 Å². The molecule has 0 aliphatic carbocycles. The third kappa shape index (κ3) is 4.77. The molecule has 50 heavy (non-hydrogen) atoms. The lowest BCUT2D eigenvalue weighted by Crippen LogP contribution is -1.92. The molecule has 10 rings (SSSR count). The lowest BCUT2D eigenvalue weighted by Gasteiger charge is -2.19. The van der Waals surface area contributed by atoms with Gasteiger partial charge in [-0.05, 0) is 129 Å². The van der Waals surface area contributed by atoms with Crippen LogP contribution in [-0.4, -0.2) is 0 Å². The Morgan fingerprint density at radius 3 is 1.16 bits per heavy atom. The topological polar surface area (TPSA) is 0 Å². The quantitative estimate of drug-likeness (QED) is 0.164. The molecule has 232 valence electrons. The lowest BCUT2D eigenvalue weighted by atomic mass is 9.84. The molecule has 0 unspecified atom stereocenters. The SMILES string of the molecule is [2H]c1c([2H])c(-c2c([2H])c([2H])c3c([2H])c([2H])c([2H])c([2H])c3c2[2H])c([2H])c(-c2c3c([2H])c([2H])c([2H])c([2H])c3c(-c3c([2H])c([2H])c4c([2H])c([2H])c([2H])c([2H])c4c3[2H])c3c([2H])c([2H])c(-c4c([2H])c([2H])c5c([2H])c([2H])c([2H])c([2H])c5c4[2H])c([2H])c23)c1[2H]. The summed E-state index contributed by atoms with van der Waals surface area (Å²) < 4.78 is 291. The van der Waals surface area contributed by atoms with Gasteiger partial charge >= 0.3 is 0 Å². The van der Waals surface area contributed by atoms with Gasteiger partial charge in [-0.25, -0.2) is 0 Å². The summed E-state index contributed by atoms with van der Waals surface area (Å²) in [5.41, 5.74) is -7.53. The van der Waals surface area contributed by atoms with Gasteiger partial charge in [0.05, 0.1) is 43.9 Å². The molecule has 0 bridgehead atoms. The highest BCUT2D eigenvalue weighted by molar-refractivity contribution is 6.22. The van der Waals surface area contributed by atoms with Gasteiger partial charge in [-0.2, -0.15) is 0 Å². The van der Waals surface area contributed by atoms with Gasteiger partial charge in [0.1, 0.15) is 0 Å². The van der Waals surface area contributed by atoms with Gasteiger partial charge in [-0.15, -0.1) is 0 Å². The largest absolute Gasteiger partial charge is 0.0636 e. The fourth-order valence-corrected chi connectivity index (χ4v) is 5.66. The number of hydrogen-bond acceptors (Lipinski definition) is 0. The van der Waals surface area contributed by atoms with E-state index >= 15 is 0 Å². The Labute approximate surface area is 336 Å². The van der Waals surface area contributed by atoms with E-state index in [1.807, 2.05) is 0 Å². The molecular weight excluding hydrogens is 601 g/mol. The van der Waals surface area contributed by atoms with E-state index in [0.29, 0.717) is 0 Å². The van der Waals surface area contributed by atoms with Crippen LogP contribution >= 0.6 is 0 Å². The van der Waals surface area contributed by atoms with Crippen molar-refractivity contribution in [2.45, 2.75) is 0 Å². The fourth-order valence-electron chi connectivity index (χ4n) is 5.66. The lowest BCUT2D eigenvalue weighted by molar-refractivity contribution is 1.62. The van der Waals surface area contributed by atoms with Gasteiger partial charge in [0, 0.05) is 0 Å². The number of hydrogen-bond donors (Lipinski definition) is 0. The van der Waals surface area contributed by atoms with Gasteiger partial charge in [0.25, 0.3) is 0 Å². The maximum Gasteiger partial charge on any atom is 0.0636 e. The Morgan fingerprint density at radius 1 is 0.220 bits per heavy atom. The van der Waals surface area contributed by atoms with Crippen molar-refractivity contribution in [2.75, 3.05) is 0 Å². The highest BCUT2D eigenvalue weighted by Gasteiger charge is 2.18. The minimum Gasteiger partial charge on any atom is -0.0616 e. The van der Waals surface area contributed by atoms with E-state index in [-0.39, 0.29) is 0 Å². The Hall–Kier alpha value is -6.50. The van der Waals surface area contributed by atoms with E-state index in [2.05, 4.69) is 0 Å². The van der Waals surface area contributed by atoms with Crippen molar-refractivity contribution in [1.29, 1.82) is 0 Å². The predicted molar refractivity (Wildman–Crippen MR) is 216 cm³/mol. The minimum atomic E-state index is -1.20. The van der Waals surface area contributed by atoms with Crippen LogP contribution in [0.5, 0.6) is 0 Å². The van der Waals surface area contributed by atoms with Gasteiger partial charge in [-0.1, -0.05) is 163 Å². The molecule has 0 nitrogen and oxygen atoms in total. The Bertz CT molecular complexity index is 4750. The molecule has 0 fully saturated rings. The predicted octanol–water partition coefficient (Wildman–Crippen LogP) is 14.1. The van der Waals surface area contributed by atoms with Crippen molar-refractivity contribution in [3.05, 3.63) is 193 Å². The molecule has 0 atom stereocenters. The molecular formula is C50H32. The molecule has 0 heteroatoms. The van der Waals surface area contributed by atoms with Crippen LogP contribution in [0.25, 0.3) is 98.4 Å². The Balaban J connectivity index is 1.56. The van der Waals surface area contributed by atoms with Gasteiger partial charge < -0.3 is 0 Å². The smallest absolute Gasteiger partial charge is 0.0616 e. The van der Waals surface area contributed by atoms with Crippen LogP contribution in [0.15, 0.2) is 193 Å². The monoisotopic (exact) mass is 664 g/mol. The number of fused-ring (bicyclic) bond motifs is 5. The summed E-state index contributed by atoms with van der Waals surface area (Å²) >= 11 is 0. The number of benzene rings is 10. The molecule has 10 aromatic rings. The highest BCUT2D eigenvalue weighted by Crippen LogP contribution is 2.46. The molecule has 0 aliphatic rings. The summed E-state index contributed by atoms with van der Waals surface area (Å²) in [5.74, 6) is 0. The summed E-state index contributed by atoms with van der Waals surface area (Å²) in [6.45, 7) is 0. The molecule has 0 heterocycles. The summed E-state index contributed by atoms with van der Waals surface area (Å²) in [5, 5.41) is -7.69. The molecule has 0 spiro atoms. The number of rotatable bonds is 4. The average Bonchev–Trinajstić information content (AvgIpc) is 1.57. The van der Waals surface area contributed by atoms with E-state index in [0.717, 1.165) is 0 Å². The van der Waals surface area contributed by atoms with Gasteiger partial charge in [-0.3, -0.25) is 0 Å². The van der Waals surface area contributed by atoms with Crippen molar-refractivity contribution < 1.29 is 43.9 Å². The average molecular weight is 665 g/mol. The van der Waals surface area contributed by atoms with Crippen molar-refractivity contribution in [3.63, 3.8) is 0 Å². The van der Waals surface area contributed by atoms with Gasteiger partial charge in [0.2, 0.25) is 0 Å². The third-order valence-electron chi connectivity index (χ3n) is 7.88. The molecule has 0 amide bonds. The molecule has 0 radical (unpaired) electrons. The van der Waals surface area contributed by atoms with E-state index in [9.17, 15) is 21.9 Å². The van der Waals surface area contributed by atoms with Crippen LogP contribution in [0.4, 0.5) is 0 Å². The van der Waals surface area contributed by atoms with E-state index < -0.39 is 292 Å². The maximum absolute atomic E-state index is 10.3. The molecule has 0 saturated carbocycles. The first-order valence-corrected chi connectivity index (χ1v) is 14.8. The summed E-state index contributed by atoms with van der Waals surface area (Å²) in [4.78, 5) is 0. The van der Waals surface area contributed by atoms with Crippen LogP contribution in [0.2, 0.25) is 0 Å². The minimum absolute atomic E-state index is 0.624. The van der Waals surface area contributed by atoms with Crippen LogP contribution in [0, 0.1) is 0 Å². The molecule has 0 N–H and O–H groups in total. The molecule has 10 aromatic carbocycles. The highest BCUT2D eigenvalue weighted by atomic mass is 14.2.